The van der Waals surface area contributed by atoms with Gasteiger partial charge in [-0.1, -0.05) is 30.3 Å². The minimum atomic E-state index is -0.509. The molecule has 0 spiro atoms. The summed E-state index contributed by atoms with van der Waals surface area (Å²) in [7, 11) is 2.10. The molecule has 1 N–H and O–H groups in total. The van der Waals surface area contributed by atoms with Gasteiger partial charge in [-0.2, -0.15) is 0 Å². The van der Waals surface area contributed by atoms with Crippen LogP contribution in [0.5, 0.6) is 0 Å². The Morgan fingerprint density at radius 2 is 1.68 bits per heavy atom. The highest BCUT2D eigenvalue weighted by Crippen LogP contribution is 2.23. The molecule has 1 saturated heterocycles. The third kappa shape index (κ3) is 3.33. The number of amides is 1. The van der Waals surface area contributed by atoms with E-state index in [2.05, 4.69) is 17.4 Å². The largest absolute Gasteiger partial charge is 0.304 e. The highest BCUT2D eigenvalue weighted by Gasteiger charge is 2.31. The summed E-state index contributed by atoms with van der Waals surface area (Å²) >= 11 is 0. The molecule has 4 heteroatoms. The molecule has 104 valence electrons. The third-order valence-electron chi connectivity index (χ3n) is 3.83. The van der Waals surface area contributed by atoms with E-state index in [1.807, 2.05) is 49.2 Å². The van der Waals surface area contributed by atoms with Crippen LogP contribution in [0.2, 0.25) is 0 Å². The quantitative estimate of drug-likeness (QED) is 0.889. The number of likely N-dealkylation sites (N-methyl/N-ethyl adjacent to an activating group) is 1. The minimum Gasteiger partial charge on any atom is -0.304 e. The smallest absolute Gasteiger partial charge is 0.244 e. The van der Waals surface area contributed by atoms with E-state index in [1.54, 1.807) is 0 Å². The van der Waals surface area contributed by atoms with Crippen molar-refractivity contribution in [2.45, 2.75) is 19.3 Å². The van der Waals surface area contributed by atoms with Crippen molar-refractivity contribution in [3.05, 3.63) is 35.9 Å². The van der Waals surface area contributed by atoms with E-state index in [4.69, 9.17) is 0 Å². The number of hydrogen-bond donors (Lipinski definition) is 1. The van der Waals surface area contributed by atoms with E-state index >= 15 is 0 Å². The molecule has 1 aliphatic rings. The van der Waals surface area contributed by atoms with E-state index in [1.165, 1.54) is 0 Å². The number of carbonyl (C=O) groups is 1. The van der Waals surface area contributed by atoms with Gasteiger partial charge in [0.15, 0.2) is 0 Å². The van der Waals surface area contributed by atoms with Crippen LogP contribution in [0.1, 0.15) is 19.4 Å². The van der Waals surface area contributed by atoms with Crippen LogP contribution in [-0.2, 0) is 10.2 Å². The van der Waals surface area contributed by atoms with Crippen molar-refractivity contribution in [3.63, 3.8) is 0 Å². The first-order valence-electron chi connectivity index (χ1n) is 6.80. The molecule has 1 aliphatic heterocycles. The number of nitrogens with one attached hydrogen (secondary N) is 1. The molecule has 0 radical (unpaired) electrons. The summed E-state index contributed by atoms with van der Waals surface area (Å²) in [6.45, 7) is 7.68. The molecule has 0 unspecified atom stereocenters. The van der Waals surface area contributed by atoms with Crippen LogP contribution in [0.3, 0.4) is 0 Å². The number of rotatable bonds is 3. The number of nitrogens with zero attached hydrogens (tertiary/aromatic N) is 2. The zero-order valence-electron chi connectivity index (χ0n) is 12.0. The van der Waals surface area contributed by atoms with Gasteiger partial charge in [-0.05, 0) is 26.5 Å². The Morgan fingerprint density at radius 1 is 1.11 bits per heavy atom. The molecule has 0 atom stereocenters. The number of benzene rings is 1. The standard InChI is InChI=1S/C15H23N3O/c1-15(2,13-7-5-4-6-8-13)14(19)16-18-11-9-17(3)10-12-18/h4-8H,9-12H2,1-3H3,(H,16,19). The summed E-state index contributed by atoms with van der Waals surface area (Å²) in [5, 5.41) is 2.02. The predicted octanol–water partition coefficient (Wildman–Crippen LogP) is 1.24. The van der Waals surface area contributed by atoms with Crippen molar-refractivity contribution in [2.24, 2.45) is 0 Å². The Hall–Kier alpha value is -1.39. The van der Waals surface area contributed by atoms with Crippen molar-refractivity contribution in [1.29, 1.82) is 0 Å². The normalized spacial score (nSPS) is 18.3. The van der Waals surface area contributed by atoms with Crippen LogP contribution in [0.4, 0.5) is 0 Å². The molecule has 1 aromatic carbocycles. The summed E-state index contributed by atoms with van der Waals surface area (Å²) in [4.78, 5) is 14.7. The van der Waals surface area contributed by atoms with Crippen molar-refractivity contribution < 1.29 is 4.79 Å². The highest BCUT2D eigenvalue weighted by molar-refractivity contribution is 5.86. The molecular formula is C15H23N3O. The molecule has 0 bridgehead atoms. The molecule has 1 fully saturated rings. The van der Waals surface area contributed by atoms with Gasteiger partial charge in [0.1, 0.15) is 0 Å². The number of hydrogen-bond acceptors (Lipinski definition) is 3. The summed E-state index contributed by atoms with van der Waals surface area (Å²) in [6.07, 6.45) is 0. The second-order valence-electron chi connectivity index (χ2n) is 5.72. The SMILES string of the molecule is CN1CCN(NC(=O)C(C)(C)c2ccccc2)CC1. The molecular weight excluding hydrogens is 238 g/mol. The third-order valence-corrected chi connectivity index (χ3v) is 3.83. The molecule has 2 rings (SSSR count). The van der Waals surface area contributed by atoms with E-state index in [0.29, 0.717) is 0 Å². The fraction of sp³-hybridized carbons (Fsp3) is 0.533. The van der Waals surface area contributed by atoms with Gasteiger partial charge >= 0.3 is 0 Å². The lowest BCUT2D eigenvalue weighted by Gasteiger charge is -2.35. The fourth-order valence-electron chi connectivity index (χ4n) is 2.19. The van der Waals surface area contributed by atoms with Crippen molar-refractivity contribution in [3.8, 4) is 0 Å². The van der Waals surface area contributed by atoms with E-state index in [-0.39, 0.29) is 5.91 Å². The second kappa shape index (κ2) is 5.72. The number of carbonyl (C=O) groups excluding carboxylic acids is 1. The average Bonchev–Trinajstić information content (AvgIpc) is 2.42. The van der Waals surface area contributed by atoms with Gasteiger partial charge in [-0.25, -0.2) is 5.01 Å². The van der Waals surface area contributed by atoms with Crippen LogP contribution in [0, 0.1) is 0 Å². The lowest BCUT2D eigenvalue weighted by atomic mass is 9.84. The lowest BCUT2D eigenvalue weighted by Crippen LogP contribution is -2.55. The molecule has 1 heterocycles. The van der Waals surface area contributed by atoms with Gasteiger partial charge < -0.3 is 4.90 Å². The van der Waals surface area contributed by atoms with Crippen molar-refractivity contribution >= 4 is 5.91 Å². The van der Waals surface area contributed by atoms with Gasteiger partial charge in [0.05, 0.1) is 5.41 Å². The molecule has 4 nitrogen and oxygen atoms in total. The monoisotopic (exact) mass is 261 g/mol. The molecule has 0 saturated carbocycles. The lowest BCUT2D eigenvalue weighted by molar-refractivity contribution is -0.131. The maximum Gasteiger partial charge on any atom is 0.244 e. The molecule has 19 heavy (non-hydrogen) atoms. The van der Waals surface area contributed by atoms with Crippen LogP contribution >= 0.6 is 0 Å². The van der Waals surface area contributed by atoms with Gasteiger partial charge in [0.2, 0.25) is 5.91 Å². The van der Waals surface area contributed by atoms with Gasteiger partial charge in [0.25, 0.3) is 0 Å². The first-order valence-corrected chi connectivity index (χ1v) is 6.80. The van der Waals surface area contributed by atoms with Crippen LogP contribution in [0.25, 0.3) is 0 Å². The fourth-order valence-corrected chi connectivity index (χ4v) is 2.19. The van der Waals surface area contributed by atoms with Crippen molar-refractivity contribution in [1.82, 2.24) is 15.3 Å². The maximum absolute atomic E-state index is 12.4. The summed E-state index contributed by atoms with van der Waals surface area (Å²) in [6, 6.07) is 9.92. The molecule has 1 aromatic rings. The van der Waals surface area contributed by atoms with Gasteiger partial charge in [-0.3, -0.25) is 10.2 Å². The summed E-state index contributed by atoms with van der Waals surface area (Å²) < 4.78 is 0. The van der Waals surface area contributed by atoms with Crippen LogP contribution in [0.15, 0.2) is 30.3 Å². The average molecular weight is 261 g/mol. The second-order valence-corrected chi connectivity index (χ2v) is 5.72. The predicted molar refractivity (Wildman–Crippen MR) is 76.7 cm³/mol. The summed E-state index contributed by atoms with van der Waals surface area (Å²) in [5.74, 6) is 0.0586. The first-order chi connectivity index (χ1) is 9.00. The van der Waals surface area contributed by atoms with Gasteiger partial charge in [-0.15, -0.1) is 0 Å². The Morgan fingerprint density at radius 3 is 2.26 bits per heavy atom. The molecule has 0 aromatic heterocycles. The Bertz CT molecular complexity index is 422. The Balaban J connectivity index is 1.99. The van der Waals surface area contributed by atoms with Crippen molar-refractivity contribution in [2.75, 3.05) is 33.2 Å². The van der Waals surface area contributed by atoms with Crippen LogP contribution in [-0.4, -0.2) is 49.0 Å². The van der Waals surface area contributed by atoms with E-state index < -0.39 is 5.41 Å². The summed E-state index contributed by atoms with van der Waals surface area (Å²) in [5.41, 5.74) is 3.58. The topological polar surface area (TPSA) is 35.6 Å². The Labute approximate surface area is 115 Å². The number of piperazine rings is 1. The zero-order chi connectivity index (χ0) is 13.9. The van der Waals surface area contributed by atoms with Gasteiger partial charge in [0, 0.05) is 26.2 Å². The van der Waals surface area contributed by atoms with Crippen LogP contribution < -0.4 is 5.43 Å². The number of hydrazine groups is 1. The zero-order valence-corrected chi connectivity index (χ0v) is 12.0. The first kappa shape index (κ1) is 14.0. The molecule has 1 amide bonds. The minimum absolute atomic E-state index is 0.0586. The van der Waals surface area contributed by atoms with E-state index in [9.17, 15) is 4.79 Å². The van der Waals surface area contributed by atoms with E-state index in [0.717, 1.165) is 31.7 Å². The maximum atomic E-state index is 12.4. The Kier molecular flexibility index (Phi) is 4.22. The molecule has 0 aliphatic carbocycles. The highest BCUT2D eigenvalue weighted by atomic mass is 16.2.